The molecule has 0 amide bonds. The summed E-state index contributed by atoms with van der Waals surface area (Å²) < 4.78 is 0. The van der Waals surface area contributed by atoms with Crippen molar-refractivity contribution in [2.24, 2.45) is 11.5 Å². The van der Waals surface area contributed by atoms with Crippen molar-refractivity contribution < 1.29 is 59.1 Å². The van der Waals surface area contributed by atoms with Crippen LogP contribution in [0.5, 0.6) is 0 Å². The van der Waals surface area contributed by atoms with Gasteiger partial charge >= 0.3 is 82.2 Å². The van der Waals surface area contributed by atoms with Gasteiger partial charge in [-0.3, -0.25) is 0 Å². The van der Waals surface area contributed by atoms with E-state index in [2.05, 4.69) is 0 Å². The molecule has 0 bridgehead atoms. The van der Waals surface area contributed by atoms with Crippen LogP contribution in [0.1, 0.15) is 0 Å². The zero-order valence-electron chi connectivity index (χ0n) is 5.28. The first-order chi connectivity index (χ1) is 1.91. The van der Waals surface area contributed by atoms with Crippen molar-refractivity contribution in [1.29, 1.82) is 0 Å². The Bertz CT molecular complexity index is 15.7. The van der Waals surface area contributed by atoms with Gasteiger partial charge in [0.15, 0.2) is 0 Å². The molecule has 0 atom stereocenters. The van der Waals surface area contributed by atoms with Crippen LogP contribution in [0.2, 0.25) is 0 Å². The van der Waals surface area contributed by atoms with Crippen LogP contribution in [-0.2, 0) is 0 Å². The first-order valence-corrected chi connectivity index (χ1v) is 1.32. The Kier molecular flexibility index (Phi) is 75.5. The molecule has 0 spiro atoms. The molecule has 0 aromatic carbocycles. The minimum atomic E-state index is 0. The van der Waals surface area contributed by atoms with E-state index in [1.54, 1.807) is 0 Å². The molecule has 0 saturated heterocycles. The summed E-state index contributed by atoms with van der Waals surface area (Å²) in [6.45, 7) is 1.19. The Balaban J connectivity index is -0.0000000150. The number of rotatable bonds is 1. The maximum atomic E-state index is 4.90. The van der Waals surface area contributed by atoms with Crippen molar-refractivity contribution in [3.63, 3.8) is 0 Å². The van der Waals surface area contributed by atoms with Crippen LogP contribution in [0.3, 0.4) is 0 Å². The molecular weight excluding hydrogens is 122 g/mol. The Morgan fingerprint density at radius 1 is 0.857 bits per heavy atom. The normalized spacial score (nSPS) is 4.29. The number of hydrogen-bond donors (Lipinski definition) is 2. The number of nitrogens with two attached hydrogens (primary N) is 2. The Morgan fingerprint density at radius 2 is 1.00 bits per heavy atom. The van der Waals surface area contributed by atoms with E-state index >= 15 is 0 Å². The molecular formula is C2H8MgN2Na2+4. The first-order valence-electron chi connectivity index (χ1n) is 1.32. The summed E-state index contributed by atoms with van der Waals surface area (Å²) in [7, 11) is 0. The molecule has 0 aromatic rings. The van der Waals surface area contributed by atoms with Gasteiger partial charge in [-0.15, -0.1) is 0 Å². The quantitative estimate of drug-likeness (QED) is 0.347. The van der Waals surface area contributed by atoms with Gasteiger partial charge in [0.25, 0.3) is 0 Å². The third-order valence-corrected chi connectivity index (χ3v) is 0.167. The molecule has 0 aromatic heterocycles. The first kappa shape index (κ1) is 22.6. The molecule has 0 aliphatic heterocycles. The Hall–Kier alpha value is 2.69. The zero-order chi connectivity index (χ0) is 3.41. The predicted octanol–water partition coefficient (Wildman–Crippen LogP) is -7.47. The molecule has 2 nitrogen and oxygen atoms in total. The van der Waals surface area contributed by atoms with Crippen LogP contribution >= 0.6 is 0 Å². The van der Waals surface area contributed by atoms with Gasteiger partial charge in [0.2, 0.25) is 0 Å². The largest absolute Gasteiger partial charge is 2.00 e. The van der Waals surface area contributed by atoms with Crippen molar-refractivity contribution in [2.75, 3.05) is 13.1 Å². The monoisotopic (exact) mass is 130 g/mol. The van der Waals surface area contributed by atoms with Crippen LogP contribution < -0.4 is 70.6 Å². The molecule has 5 heteroatoms. The predicted molar refractivity (Wildman–Crippen MR) is 23.9 cm³/mol. The van der Waals surface area contributed by atoms with E-state index in [1.165, 1.54) is 0 Å². The fraction of sp³-hybridized carbons (Fsp3) is 1.00. The van der Waals surface area contributed by atoms with E-state index in [1.807, 2.05) is 0 Å². The smallest absolute Gasteiger partial charge is 0.329 e. The topological polar surface area (TPSA) is 52.0 Å². The van der Waals surface area contributed by atoms with Crippen LogP contribution in [-0.4, -0.2) is 36.1 Å². The van der Waals surface area contributed by atoms with Gasteiger partial charge in [-0.05, 0) is 0 Å². The second kappa shape index (κ2) is 23.4. The average molecular weight is 130 g/mol. The minimum absolute atomic E-state index is 0. The van der Waals surface area contributed by atoms with E-state index in [4.69, 9.17) is 11.5 Å². The second-order valence-corrected chi connectivity index (χ2v) is 0.577. The van der Waals surface area contributed by atoms with Gasteiger partial charge in [0.1, 0.15) is 0 Å². The van der Waals surface area contributed by atoms with E-state index in [0.717, 1.165) is 0 Å². The molecule has 0 rings (SSSR count). The van der Waals surface area contributed by atoms with Gasteiger partial charge in [-0.2, -0.15) is 0 Å². The molecule has 0 unspecified atom stereocenters. The summed E-state index contributed by atoms with van der Waals surface area (Å²) in [5, 5.41) is 0. The van der Waals surface area contributed by atoms with Gasteiger partial charge < -0.3 is 11.5 Å². The van der Waals surface area contributed by atoms with Crippen molar-refractivity contribution in [2.45, 2.75) is 0 Å². The fourth-order valence-corrected chi connectivity index (χ4v) is 0. The SMILES string of the molecule is NCCN.[Mg+2].[Na+].[Na+]. The third-order valence-electron chi connectivity index (χ3n) is 0.167. The number of hydrogen-bond acceptors (Lipinski definition) is 2. The maximum absolute atomic E-state index is 4.90. The molecule has 0 fully saturated rings. The van der Waals surface area contributed by atoms with E-state index < -0.39 is 0 Å². The molecule has 0 heterocycles. The molecule has 4 N–H and O–H groups in total. The summed E-state index contributed by atoms with van der Waals surface area (Å²) in [6, 6.07) is 0. The van der Waals surface area contributed by atoms with Crippen molar-refractivity contribution >= 4 is 23.1 Å². The average Bonchev–Trinajstić information content (AvgIpc) is 1.37. The molecule has 26 valence electrons. The summed E-state index contributed by atoms with van der Waals surface area (Å²) in [6.07, 6.45) is 0. The van der Waals surface area contributed by atoms with Crippen molar-refractivity contribution in [3.05, 3.63) is 0 Å². The van der Waals surface area contributed by atoms with Crippen LogP contribution in [0.15, 0.2) is 0 Å². The summed E-state index contributed by atoms with van der Waals surface area (Å²) in [5.74, 6) is 0. The second-order valence-electron chi connectivity index (χ2n) is 0.577. The Labute approximate surface area is 105 Å². The minimum Gasteiger partial charge on any atom is -0.329 e. The third kappa shape index (κ3) is 28.6. The van der Waals surface area contributed by atoms with Gasteiger partial charge in [-0.1, -0.05) is 0 Å². The van der Waals surface area contributed by atoms with Crippen molar-refractivity contribution in [1.82, 2.24) is 0 Å². The summed E-state index contributed by atoms with van der Waals surface area (Å²) in [5.41, 5.74) is 9.81. The summed E-state index contributed by atoms with van der Waals surface area (Å²) in [4.78, 5) is 0. The molecule has 0 aliphatic carbocycles. The standard InChI is InChI=1S/C2H8N2.Mg.2Na/c3-1-2-4;;;/h1-4H2;;;/q;+2;2*+1. The van der Waals surface area contributed by atoms with Crippen LogP contribution in [0.4, 0.5) is 0 Å². The van der Waals surface area contributed by atoms with Gasteiger partial charge in [0, 0.05) is 13.1 Å². The van der Waals surface area contributed by atoms with E-state index in [9.17, 15) is 0 Å². The van der Waals surface area contributed by atoms with Crippen LogP contribution in [0.25, 0.3) is 0 Å². The fourth-order valence-electron chi connectivity index (χ4n) is 0. The van der Waals surface area contributed by atoms with Gasteiger partial charge in [0.05, 0.1) is 0 Å². The van der Waals surface area contributed by atoms with E-state index in [0.29, 0.717) is 13.1 Å². The summed E-state index contributed by atoms with van der Waals surface area (Å²) >= 11 is 0. The maximum Gasteiger partial charge on any atom is 2.00 e. The van der Waals surface area contributed by atoms with Gasteiger partial charge in [-0.25, -0.2) is 0 Å². The molecule has 7 heavy (non-hydrogen) atoms. The van der Waals surface area contributed by atoms with E-state index in [-0.39, 0.29) is 82.2 Å². The van der Waals surface area contributed by atoms with Crippen molar-refractivity contribution in [3.8, 4) is 0 Å². The zero-order valence-corrected chi connectivity index (χ0v) is 10.7. The molecule has 0 saturated carbocycles. The molecule has 0 aliphatic rings. The Morgan fingerprint density at radius 3 is 1.00 bits per heavy atom. The van der Waals surface area contributed by atoms with Crippen LogP contribution in [0, 0.1) is 0 Å². The molecule has 0 radical (unpaired) electrons.